The summed E-state index contributed by atoms with van der Waals surface area (Å²) in [7, 11) is -7.33. The van der Waals surface area contributed by atoms with Gasteiger partial charge in [0.15, 0.2) is 25.4 Å². The number of hydrogen-bond donors (Lipinski definition) is 1. The van der Waals surface area contributed by atoms with Crippen LogP contribution in [0.5, 0.6) is 0 Å². The number of rotatable bonds is 5. The molecule has 1 aliphatic rings. The summed E-state index contributed by atoms with van der Waals surface area (Å²) in [6.45, 7) is 1.46. The standard InChI is InChI=1S/C20H18F3N5O3S2/c1-3-32(29,30)16-8-12(19(11-24)6-7-19)10-26-17(16)18-27-14-9-13(4-5-15(14)28(18)2)33(25,31)20(21,22)23/h4-5,8-10,25H,3,6-7H2,1-2H3. The van der Waals surface area contributed by atoms with Crippen LogP contribution in [0.2, 0.25) is 0 Å². The number of halogens is 3. The van der Waals surface area contributed by atoms with E-state index in [1.54, 1.807) is 7.05 Å². The van der Waals surface area contributed by atoms with Gasteiger partial charge in [0.1, 0.15) is 5.69 Å². The maximum absolute atomic E-state index is 13.1. The Hall–Kier alpha value is -2.98. The summed E-state index contributed by atoms with van der Waals surface area (Å²) >= 11 is 0. The van der Waals surface area contributed by atoms with Gasteiger partial charge in [-0.25, -0.2) is 22.4 Å². The zero-order chi connectivity index (χ0) is 24.4. The third-order valence-electron chi connectivity index (χ3n) is 5.81. The number of nitriles is 1. The molecule has 1 saturated carbocycles. The highest BCUT2D eigenvalue weighted by Gasteiger charge is 2.46. The molecule has 13 heteroatoms. The van der Waals surface area contributed by atoms with E-state index in [1.807, 2.05) is 0 Å². The van der Waals surface area contributed by atoms with E-state index in [2.05, 4.69) is 16.0 Å². The first-order valence-electron chi connectivity index (χ1n) is 9.74. The number of imidazole rings is 1. The normalized spacial score (nSPS) is 17.5. The van der Waals surface area contributed by atoms with Crippen molar-refractivity contribution < 1.29 is 25.8 Å². The summed E-state index contributed by atoms with van der Waals surface area (Å²) in [5.41, 5.74) is -5.19. The van der Waals surface area contributed by atoms with E-state index in [1.165, 1.54) is 29.8 Å². The number of aryl methyl sites for hydroxylation is 1. The van der Waals surface area contributed by atoms with Gasteiger partial charge in [-0.05, 0) is 42.7 Å². The van der Waals surface area contributed by atoms with Crippen LogP contribution in [0.15, 0.2) is 40.3 Å². The van der Waals surface area contributed by atoms with Crippen LogP contribution in [0.3, 0.4) is 0 Å². The second-order valence-electron chi connectivity index (χ2n) is 7.81. The lowest BCUT2D eigenvalue weighted by atomic mass is 9.99. The van der Waals surface area contributed by atoms with Gasteiger partial charge in [-0.1, -0.05) is 6.92 Å². The maximum atomic E-state index is 13.1. The first-order chi connectivity index (χ1) is 15.3. The van der Waals surface area contributed by atoms with Crippen molar-refractivity contribution in [2.75, 3.05) is 5.75 Å². The van der Waals surface area contributed by atoms with E-state index in [0.29, 0.717) is 23.9 Å². The summed E-state index contributed by atoms with van der Waals surface area (Å²) in [6, 6.07) is 6.73. The number of alkyl halides is 3. The number of hydrogen-bond acceptors (Lipinski definition) is 7. The van der Waals surface area contributed by atoms with Gasteiger partial charge >= 0.3 is 5.51 Å². The number of nitrogens with one attached hydrogen (secondary N) is 1. The van der Waals surface area contributed by atoms with Gasteiger partial charge in [0.05, 0.1) is 38.1 Å². The minimum absolute atomic E-state index is 0.00276. The van der Waals surface area contributed by atoms with Gasteiger partial charge in [0.25, 0.3) is 0 Å². The van der Waals surface area contributed by atoms with Gasteiger partial charge < -0.3 is 4.57 Å². The minimum Gasteiger partial charge on any atom is -0.326 e. The van der Waals surface area contributed by atoms with Crippen LogP contribution in [0.4, 0.5) is 13.2 Å². The topological polar surface area (TPSA) is 130 Å². The number of benzene rings is 1. The first-order valence-corrected chi connectivity index (χ1v) is 12.9. The van der Waals surface area contributed by atoms with Gasteiger partial charge in [-0.15, -0.1) is 0 Å². The Bertz CT molecular complexity index is 1550. The highest BCUT2D eigenvalue weighted by molar-refractivity contribution is 7.93. The number of nitrogens with zero attached hydrogens (tertiary/aromatic N) is 4. The van der Waals surface area contributed by atoms with Gasteiger partial charge in [-0.3, -0.25) is 4.98 Å². The van der Waals surface area contributed by atoms with Crippen molar-refractivity contribution in [1.29, 1.82) is 10.0 Å². The Labute approximate surface area is 188 Å². The number of fused-ring (bicyclic) bond motifs is 1. The SMILES string of the molecule is CCS(=O)(=O)c1cc(C2(C#N)CC2)cnc1-c1nc2cc(S(=N)(=O)C(F)(F)F)ccc2n1C. The molecule has 2 heterocycles. The van der Waals surface area contributed by atoms with Crippen LogP contribution in [0.25, 0.3) is 22.6 Å². The summed E-state index contributed by atoms with van der Waals surface area (Å²) in [5, 5.41) is 9.47. The summed E-state index contributed by atoms with van der Waals surface area (Å²) < 4.78 is 85.7. The Morgan fingerprint density at radius 3 is 2.45 bits per heavy atom. The van der Waals surface area contributed by atoms with E-state index in [9.17, 15) is 31.1 Å². The lowest BCUT2D eigenvalue weighted by Gasteiger charge is -2.13. The highest BCUT2D eigenvalue weighted by Crippen LogP contribution is 2.48. The fourth-order valence-electron chi connectivity index (χ4n) is 3.56. The molecule has 33 heavy (non-hydrogen) atoms. The van der Waals surface area contributed by atoms with Crippen LogP contribution >= 0.6 is 0 Å². The molecule has 0 amide bonds. The zero-order valence-electron chi connectivity index (χ0n) is 17.5. The van der Waals surface area contributed by atoms with Crippen LogP contribution in [0.1, 0.15) is 25.3 Å². The van der Waals surface area contributed by atoms with Crippen LogP contribution < -0.4 is 0 Å². The average molecular weight is 498 g/mol. The predicted octanol–water partition coefficient (Wildman–Crippen LogP) is 3.91. The number of aromatic nitrogens is 3. The Balaban J connectivity index is 1.94. The van der Waals surface area contributed by atoms with E-state index >= 15 is 0 Å². The molecule has 174 valence electrons. The van der Waals surface area contributed by atoms with Crippen molar-refractivity contribution in [3.8, 4) is 17.6 Å². The van der Waals surface area contributed by atoms with E-state index in [-0.39, 0.29) is 27.7 Å². The lowest BCUT2D eigenvalue weighted by molar-refractivity contribution is -0.0406. The fraction of sp³-hybridized carbons (Fsp3) is 0.350. The molecule has 0 spiro atoms. The van der Waals surface area contributed by atoms with Crippen LogP contribution in [-0.4, -0.2) is 38.4 Å². The van der Waals surface area contributed by atoms with Gasteiger partial charge in [0.2, 0.25) is 0 Å². The van der Waals surface area contributed by atoms with E-state index in [0.717, 1.165) is 12.1 Å². The molecule has 4 rings (SSSR count). The smallest absolute Gasteiger partial charge is 0.326 e. The number of pyridine rings is 1. The third kappa shape index (κ3) is 3.57. The molecule has 0 aliphatic heterocycles. The first kappa shape index (κ1) is 23.2. The highest BCUT2D eigenvalue weighted by atomic mass is 32.2. The Morgan fingerprint density at radius 1 is 1.24 bits per heavy atom. The van der Waals surface area contributed by atoms with E-state index < -0.39 is 35.4 Å². The summed E-state index contributed by atoms with van der Waals surface area (Å²) in [6.07, 6.45) is 2.61. The predicted molar refractivity (Wildman–Crippen MR) is 113 cm³/mol. The summed E-state index contributed by atoms with van der Waals surface area (Å²) in [4.78, 5) is 7.69. The zero-order valence-corrected chi connectivity index (χ0v) is 19.1. The van der Waals surface area contributed by atoms with Crippen molar-refractivity contribution >= 4 is 30.6 Å². The van der Waals surface area contributed by atoms with Crippen molar-refractivity contribution in [1.82, 2.24) is 14.5 Å². The molecule has 2 aromatic heterocycles. The molecule has 0 radical (unpaired) electrons. The Morgan fingerprint density at radius 2 is 1.91 bits per heavy atom. The molecular formula is C20H18F3N5O3S2. The lowest BCUT2D eigenvalue weighted by Crippen LogP contribution is -2.21. The van der Waals surface area contributed by atoms with Crippen molar-refractivity contribution in [3.63, 3.8) is 0 Å². The maximum Gasteiger partial charge on any atom is 0.483 e. The number of sulfone groups is 1. The molecule has 1 fully saturated rings. The molecule has 3 aromatic rings. The van der Waals surface area contributed by atoms with Crippen LogP contribution in [-0.2, 0) is 32.0 Å². The molecule has 1 aliphatic carbocycles. The second-order valence-corrected chi connectivity index (χ2v) is 12.1. The second kappa shape index (κ2) is 7.26. The minimum atomic E-state index is -5.25. The largest absolute Gasteiger partial charge is 0.483 e. The average Bonchev–Trinajstić information content (AvgIpc) is 3.50. The van der Waals surface area contributed by atoms with Crippen LogP contribution in [0, 0.1) is 16.1 Å². The molecule has 1 atom stereocenters. The fourth-order valence-corrected chi connectivity index (χ4v) is 5.42. The van der Waals surface area contributed by atoms with Crippen molar-refractivity contribution in [2.24, 2.45) is 7.05 Å². The molecule has 8 nitrogen and oxygen atoms in total. The third-order valence-corrected chi connectivity index (χ3v) is 9.12. The van der Waals surface area contributed by atoms with Crippen molar-refractivity contribution in [2.45, 2.75) is 40.5 Å². The molecule has 1 aromatic carbocycles. The molecule has 0 saturated heterocycles. The van der Waals surface area contributed by atoms with Crippen molar-refractivity contribution in [3.05, 3.63) is 36.0 Å². The molecular weight excluding hydrogens is 479 g/mol. The quantitative estimate of drug-likeness (QED) is 0.569. The molecule has 1 unspecified atom stereocenters. The van der Waals surface area contributed by atoms with Gasteiger partial charge in [0, 0.05) is 13.2 Å². The monoisotopic (exact) mass is 497 g/mol. The summed E-state index contributed by atoms with van der Waals surface area (Å²) in [5.74, 6) is -0.156. The van der Waals surface area contributed by atoms with E-state index in [4.69, 9.17) is 4.78 Å². The van der Waals surface area contributed by atoms with Gasteiger partial charge in [-0.2, -0.15) is 18.4 Å². The molecule has 1 N–H and O–H groups in total. The molecule has 0 bridgehead atoms. The Kier molecular flexibility index (Phi) is 5.10.